The molecule has 1 amide bonds. The molecule has 0 saturated carbocycles. The number of amides is 1. The second-order valence-corrected chi connectivity index (χ2v) is 8.57. The van der Waals surface area contributed by atoms with Gasteiger partial charge in [-0.05, 0) is 75.1 Å². The van der Waals surface area contributed by atoms with Crippen molar-refractivity contribution < 1.29 is 17.9 Å². The number of rotatable bonds is 7. The Bertz CT molecular complexity index is 984. The Morgan fingerprint density at radius 1 is 1.07 bits per heavy atom. The van der Waals surface area contributed by atoms with Crippen LogP contribution < -0.4 is 14.8 Å². The predicted octanol–water partition coefficient (Wildman–Crippen LogP) is 3.41. The summed E-state index contributed by atoms with van der Waals surface area (Å²) in [7, 11) is -2.39. The third-order valence-corrected chi connectivity index (χ3v) is 6.28. The Labute approximate surface area is 167 Å². The highest BCUT2D eigenvalue weighted by molar-refractivity contribution is 7.89. The highest BCUT2D eigenvalue weighted by Crippen LogP contribution is 2.26. The van der Waals surface area contributed by atoms with Gasteiger partial charge >= 0.3 is 0 Å². The monoisotopic (exact) mass is 404 g/mol. The Morgan fingerprint density at radius 2 is 1.71 bits per heavy atom. The molecule has 0 aromatic heterocycles. The van der Waals surface area contributed by atoms with Crippen molar-refractivity contribution in [1.29, 1.82) is 0 Å². The quantitative estimate of drug-likeness (QED) is 0.741. The molecular formula is C21H28N2O4S. The molecule has 0 unspecified atom stereocenters. The average molecular weight is 405 g/mol. The van der Waals surface area contributed by atoms with E-state index in [1.807, 2.05) is 33.8 Å². The van der Waals surface area contributed by atoms with Crippen LogP contribution in [0.3, 0.4) is 0 Å². The summed E-state index contributed by atoms with van der Waals surface area (Å²) in [6.45, 7) is 10.0. The number of carbonyl (C=O) groups excluding carboxylic acids is 1. The van der Waals surface area contributed by atoms with Crippen LogP contribution in [0.15, 0.2) is 35.2 Å². The van der Waals surface area contributed by atoms with Crippen molar-refractivity contribution in [3.8, 4) is 5.75 Å². The Balaban J connectivity index is 2.38. The fourth-order valence-corrected chi connectivity index (χ4v) is 4.35. The van der Waals surface area contributed by atoms with Crippen LogP contribution >= 0.6 is 0 Å². The van der Waals surface area contributed by atoms with Crippen LogP contribution in [0.1, 0.15) is 52.5 Å². The van der Waals surface area contributed by atoms with Gasteiger partial charge in [-0.3, -0.25) is 4.79 Å². The number of methoxy groups -OCH3 is 1. The molecule has 0 aliphatic rings. The molecule has 0 spiro atoms. The molecule has 0 aliphatic heterocycles. The fraction of sp³-hybridized carbons (Fsp3) is 0.381. The molecule has 0 aliphatic carbocycles. The standard InChI is InChI=1S/C21H28N2O4S/c1-7-22-21(24)19-12-17(8-9-20(19)27-6)28(25,26)23-16(5)18-11-14(3)13(2)10-15(18)4/h8-12,16,23H,7H2,1-6H3,(H,22,24)/t16-/m1/s1. The number of hydrogen-bond acceptors (Lipinski definition) is 4. The number of carbonyl (C=O) groups is 1. The topological polar surface area (TPSA) is 84.5 Å². The van der Waals surface area contributed by atoms with Crippen molar-refractivity contribution in [2.45, 2.75) is 45.6 Å². The van der Waals surface area contributed by atoms with Crippen molar-refractivity contribution in [1.82, 2.24) is 10.0 Å². The summed E-state index contributed by atoms with van der Waals surface area (Å²) in [5.41, 5.74) is 4.40. The van der Waals surface area contributed by atoms with E-state index in [-0.39, 0.29) is 16.4 Å². The van der Waals surface area contributed by atoms with Gasteiger partial charge in [0.1, 0.15) is 5.75 Å². The molecule has 0 heterocycles. The molecule has 0 radical (unpaired) electrons. The van der Waals surface area contributed by atoms with Gasteiger partial charge in [0.25, 0.3) is 5.91 Å². The van der Waals surface area contributed by atoms with E-state index >= 15 is 0 Å². The van der Waals surface area contributed by atoms with Gasteiger partial charge in [0.15, 0.2) is 0 Å². The molecule has 0 saturated heterocycles. The van der Waals surface area contributed by atoms with Crippen molar-refractivity contribution in [2.24, 2.45) is 0 Å². The van der Waals surface area contributed by atoms with E-state index in [1.165, 1.54) is 25.3 Å². The molecule has 2 aromatic carbocycles. The smallest absolute Gasteiger partial charge is 0.255 e. The summed E-state index contributed by atoms with van der Waals surface area (Å²) >= 11 is 0. The van der Waals surface area contributed by atoms with Crippen molar-refractivity contribution >= 4 is 15.9 Å². The van der Waals surface area contributed by atoms with Crippen molar-refractivity contribution in [3.05, 3.63) is 58.1 Å². The van der Waals surface area contributed by atoms with Crippen molar-refractivity contribution in [3.63, 3.8) is 0 Å². The van der Waals surface area contributed by atoms with Crippen LogP contribution in [0.5, 0.6) is 5.75 Å². The Morgan fingerprint density at radius 3 is 2.32 bits per heavy atom. The van der Waals surface area contributed by atoms with E-state index in [0.717, 1.165) is 22.3 Å². The minimum atomic E-state index is -3.83. The number of ether oxygens (including phenoxy) is 1. The molecule has 2 N–H and O–H groups in total. The zero-order valence-electron chi connectivity index (χ0n) is 17.2. The van der Waals surface area contributed by atoms with Gasteiger partial charge in [0.05, 0.1) is 17.6 Å². The van der Waals surface area contributed by atoms with E-state index in [2.05, 4.69) is 16.1 Å². The van der Waals surface area contributed by atoms with Crippen LogP contribution in [0, 0.1) is 20.8 Å². The van der Waals surface area contributed by atoms with Crippen LogP contribution in [0.4, 0.5) is 0 Å². The zero-order valence-corrected chi connectivity index (χ0v) is 18.0. The molecular weight excluding hydrogens is 376 g/mol. The van der Waals surface area contributed by atoms with E-state index in [0.29, 0.717) is 12.3 Å². The summed E-state index contributed by atoms with van der Waals surface area (Å²) < 4.78 is 33.8. The molecule has 152 valence electrons. The average Bonchev–Trinajstić information content (AvgIpc) is 2.63. The maximum atomic E-state index is 12.9. The van der Waals surface area contributed by atoms with Gasteiger partial charge in [0, 0.05) is 12.6 Å². The molecule has 28 heavy (non-hydrogen) atoms. The fourth-order valence-electron chi connectivity index (χ4n) is 3.10. The molecule has 1 atom stereocenters. The van der Waals surface area contributed by atoms with E-state index in [4.69, 9.17) is 4.74 Å². The van der Waals surface area contributed by atoms with E-state index < -0.39 is 16.1 Å². The highest BCUT2D eigenvalue weighted by atomic mass is 32.2. The van der Waals surface area contributed by atoms with E-state index in [9.17, 15) is 13.2 Å². The maximum Gasteiger partial charge on any atom is 0.255 e. The third kappa shape index (κ3) is 4.72. The van der Waals surface area contributed by atoms with Gasteiger partial charge in [-0.2, -0.15) is 0 Å². The number of benzene rings is 2. The lowest BCUT2D eigenvalue weighted by atomic mass is 9.97. The second kappa shape index (κ2) is 8.75. The summed E-state index contributed by atoms with van der Waals surface area (Å²) in [5.74, 6) is -0.0580. The largest absolute Gasteiger partial charge is 0.496 e. The van der Waals surface area contributed by atoms with Crippen molar-refractivity contribution in [2.75, 3.05) is 13.7 Å². The number of hydrogen-bond donors (Lipinski definition) is 2. The summed E-state index contributed by atoms with van der Waals surface area (Å²) in [5, 5.41) is 2.67. The lowest BCUT2D eigenvalue weighted by molar-refractivity contribution is 0.0952. The summed E-state index contributed by atoms with van der Waals surface area (Å²) in [4.78, 5) is 12.3. The lowest BCUT2D eigenvalue weighted by Crippen LogP contribution is -2.28. The van der Waals surface area contributed by atoms with Crippen LogP contribution in [-0.4, -0.2) is 28.0 Å². The number of nitrogens with one attached hydrogen (secondary N) is 2. The van der Waals surface area contributed by atoms with Crippen LogP contribution in [0.25, 0.3) is 0 Å². The normalized spacial score (nSPS) is 12.5. The lowest BCUT2D eigenvalue weighted by Gasteiger charge is -2.19. The van der Waals surface area contributed by atoms with Gasteiger partial charge in [-0.15, -0.1) is 0 Å². The molecule has 7 heteroatoms. The van der Waals surface area contributed by atoms with Gasteiger partial charge in [-0.1, -0.05) is 12.1 Å². The molecule has 2 rings (SSSR count). The van der Waals surface area contributed by atoms with Crippen LogP contribution in [-0.2, 0) is 10.0 Å². The molecule has 0 fully saturated rings. The van der Waals surface area contributed by atoms with Gasteiger partial charge in [-0.25, -0.2) is 13.1 Å². The minimum absolute atomic E-state index is 0.0166. The van der Waals surface area contributed by atoms with E-state index in [1.54, 1.807) is 6.92 Å². The van der Waals surface area contributed by atoms with Gasteiger partial charge < -0.3 is 10.1 Å². The predicted molar refractivity (Wildman–Crippen MR) is 110 cm³/mol. The van der Waals surface area contributed by atoms with Crippen LogP contribution in [0.2, 0.25) is 0 Å². The first-order valence-electron chi connectivity index (χ1n) is 9.17. The number of sulfonamides is 1. The Hall–Kier alpha value is -2.38. The second-order valence-electron chi connectivity index (χ2n) is 6.86. The highest BCUT2D eigenvalue weighted by Gasteiger charge is 2.23. The first-order chi connectivity index (χ1) is 13.1. The minimum Gasteiger partial charge on any atom is -0.496 e. The summed E-state index contributed by atoms with van der Waals surface area (Å²) in [6.07, 6.45) is 0. The van der Waals surface area contributed by atoms with Gasteiger partial charge in [0.2, 0.25) is 10.0 Å². The third-order valence-electron chi connectivity index (χ3n) is 4.74. The Kier molecular flexibility index (Phi) is 6.85. The number of aryl methyl sites for hydroxylation is 3. The first kappa shape index (κ1) is 21.9. The summed E-state index contributed by atoms with van der Waals surface area (Å²) in [6, 6.07) is 7.91. The molecule has 0 bridgehead atoms. The maximum absolute atomic E-state index is 12.9. The SMILES string of the molecule is CCNC(=O)c1cc(S(=O)(=O)N[C@H](C)c2cc(C)c(C)cc2C)ccc1OC. The zero-order chi connectivity index (χ0) is 21.1. The molecule has 6 nitrogen and oxygen atoms in total. The molecule has 2 aromatic rings. The first-order valence-corrected chi connectivity index (χ1v) is 10.6.